The Morgan fingerprint density at radius 3 is 2.47 bits per heavy atom. The summed E-state index contributed by atoms with van der Waals surface area (Å²) in [5.41, 5.74) is 0.122. The molecule has 0 unspecified atom stereocenters. The van der Waals surface area contributed by atoms with Gasteiger partial charge in [-0.1, -0.05) is 13.8 Å². The van der Waals surface area contributed by atoms with Crippen molar-refractivity contribution in [2.75, 3.05) is 0 Å². The minimum atomic E-state index is -1.10. The molecule has 17 heavy (non-hydrogen) atoms. The van der Waals surface area contributed by atoms with E-state index in [2.05, 4.69) is 10.3 Å². The van der Waals surface area contributed by atoms with Crippen molar-refractivity contribution in [3.8, 4) is 5.75 Å². The molecule has 1 aromatic rings. The Morgan fingerprint density at radius 2 is 2.00 bits per heavy atom. The number of carbonyl (C=O) groups excluding carboxylic acids is 1. The average molecular weight is 238 g/mol. The van der Waals surface area contributed by atoms with Crippen molar-refractivity contribution in [2.45, 2.75) is 19.9 Å². The van der Waals surface area contributed by atoms with Gasteiger partial charge in [-0.3, -0.25) is 9.78 Å². The van der Waals surface area contributed by atoms with Gasteiger partial charge in [0.2, 0.25) is 0 Å². The van der Waals surface area contributed by atoms with Gasteiger partial charge in [-0.2, -0.15) is 0 Å². The molecule has 1 aromatic heterocycles. The number of carbonyl (C=O) groups is 2. The molecule has 1 rings (SSSR count). The quantitative estimate of drug-likeness (QED) is 0.714. The van der Waals surface area contributed by atoms with Crippen LogP contribution in [0.3, 0.4) is 0 Å². The molecule has 0 aliphatic rings. The number of carboxylic acid groups (broad SMARTS) is 1. The van der Waals surface area contributed by atoms with Crippen LogP contribution < -0.4 is 5.32 Å². The van der Waals surface area contributed by atoms with Crippen LogP contribution >= 0.6 is 0 Å². The minimum Gasteiger partial charge on any atom is -0.506 e. The first-order chi connectivity index (χ1) is 7.91. The van der Waals surface area contributed by atoms with Crippen molar-refractivity contribution in [3.05, 3.63) is 24.0 Å². The molecule has 0 aromatic carbocycles. The molecule has 6 heteroatoms. The summed E-state index contributed by atoms with van der Waals surface area (Å²) < 4.78 is 0. The second kappa shape index (κ2) is 5.29. The first kappa shape index (κ1) is 13.0. The molecule has 0 fully saturated rings. The lowest BCUT2D eigenvalue weighted by molar-refractivity contribution is -0.140. The van der Waals surface area contributed by atoms with E-state index in [9.17, 15) is 9.59 Å². The number of amides is 1. The van der Waals surface area contributed by atoms with E-state index in [-0.39, 0.29) is 17.2 Å². The van der Waals surface area contributed by atoms with E-state index in [4.69, 9.17) is 10.2 Å². The maximum Gasteiger partial charge on any atom is 0.326 e. The van der Waals surface area contributed by atoms with Crippen LogP contribution in [0.15, 0.2) is 18.5 Å². The van der Waals surface area contributed by atoms with Crippen LogP contribution in [0.4, 0.5) is 0 Å². The van der Waals surface area contributed by atoms with Gasteiger partial charge in [0.05, 0.1) is 11.8 Å². The summed E-state index contributed by atoms with van der Waals surface area (Å²) in [6, 6.07) is 0.256. The third-order valence-electron chi connectivity index (χ3n) is 2.21. The number of hydrogen-bond donors (Lipinski definition) is 3. The zero-order valence-corrected chi connectivity index (χ0v) is 9.54. The van der Waals surface area contributed by atoms with Crippen LogP contribution in [0.5, 0.6) is 5.75 Å². The van der Waals surface area contributed by atoms with Crippen LogP contribution in [0.1, 0.15) is 24.2 Å². The fourth-order valence-electron chi connectivity index (χ4n) is 1.29. The second-order valence-electron chi connectivity index (χ2n) is 3.97. The highest BCUT2D eigenvalue weighted by Crippen LogP contribution is 2.09. The van der Waals surface area contributed by atoms with Crippen molar-refractivity contribution in [3.63, 3.8) is 0 Å². The highest BCUT2D eigenvalue weighted by molar-refractivity contribution is 5.96. The van der Waals surface area contributed by atoms with Gasteiger partial charge in [-0.25, -0.2) is 4.79 Å². The van der Waals surface area contributed by atoms with Crippen LogP contribution in [0.25, 0.3) is 0 Å². The topological polar surface area (TPSA) is 99.5 Å². The number of aliphatic carboxylic acids is 1. The number of aromatic hydroxyl groups is 1. The molecule has 0 radical (unpaired) electrons. The molecule has 1 amide bonds. The smallest absolute Gasteiger partial charge is 0.326 e. The van der Waals surface area contributed by atoms with E-state index in [0.717, 1.165) is 0 Å². The molecule has 1 atom stereocenters. The number of nitrogens with one attached hydrogen (secondary N) is 1. The van der Waals surface area contributed by atoms with Crippen LogP contribution in [-0.2, 0) is 4.79 Å². The predicted molar refractivity (Wildman–Crippen MR) is 59.6 cm³/mol. The second-order valence-corrected chi connectivity index (χ2v) is 3.97. The molecule has 0 aliphatic carbocycles. The van der Waals surface area contributed by atoms with Gasteiger partial charge in [0.25, 0.3) is 5.91 Å². The van der Waals surface area contributed by atoms with E-state index in [1.165, 1.54) is 18.5 Å². The number of aromatic nitrogens is 1. The molecule has 0 saturated carbocycles. The summed E-state index contributed by atoms with van der Waals surface area (Å²) in [5, 5.41) is 20.4. The predicted octanol–water partition coefficient (Wildman–Crippen LogP) is 0.626. The van der Waals surface area contributed by atoms with Gasteiger partial charge in [-0.05, 0) is 12.0 Å². The lowest BCUT2D eigenvalue weighted by atomic mass is 10.0. The van der Waals surface area contributed by atoms with Crippen molar-refractivity contribution < 1.29 is 19.8 Å². The van der Waals surface area contributed by atoms with Gasteiger partial charge in [0, 0.05) is 6.20 Å². The highest BCUT2D eigenvalue weighted by atomic mass is 16.4. The van der Waals surface area contributed by atoms with Gasteiger partial charge >= 0.3 is 5.97 Å². The molecule has 0 aliphatic heterocycles. The number of hydrogen-bond acceptors (Lipinski definition) is 4. The largest absolute Gasteiger partial charge is 0.506 e. The van der Waals surface area contributed by atoms with Crippen molar-refractivity contribution in [1.29, 1.82) is 0 Å². The maximum atomic E-state index is 11.7. The van der Waals surface area contributed by atoms with Gasteiger partial charge in [0.15, 0.2) is 0 Å². The van der Waals surface area contributed by atoms with Crippen molar-refractivity contribution >= 4 is 11.9 Å². The first-order valence-corrected chi connectivity index (χ1v) is 5.09. The number of nitrogens with zero attached hydrogens (tertiary/aromatic N) is 1. The summed E-state index contributed by atoms with van der Waals surface area (Å²) in [6.07, 6.45) is 2.45. The summed E-state index contributed by atoms with van der Waals surface area (Å²) >= 11 is 0. The zero-order chi connectivity index (χ0) is 13.0. The van der Waals surface area contributed by atoms with Crippen molar-refractivity contribution in [2.24, 2.45) is 5.92 Å². The van der Waals surface area contributed by atoms with E-state index in [0.29, 0.717) is 0 Å². The first-order valence-electron chi connectivity index (χ1n) is 5.09. The minimum absolute atomic E-state index is 0.122. The number of rotatable bonds is 4. The molecule has 0 bridgehead atoms. The monoisotopic (exact) mass is 238 g/mol. The van der Waals surface area contributed by atoms with Crippen LogP contribution in [0.2, 0.25) is 0 Å². The molecule has 92 valence electrons. The molecule has 3 N–H and O–H groups in total. The third-order valence-corrected chi connectivity index (χ3v) is 2.21. The normalized spacial score (nSPS) is 12.2. The molecule has 6 nitrogen and oxygen atoms in total. The maximum absolute atomic E-state index is 11.7. The molecular formula is C11H14N2O4. The van der Waals surface area contributed by atoms with Crippen LogP contribution in [-0.4, -0.2) is 33.1 Å². The number of carboxylic acids is 1. The van der Waals surface area contributed by atoms with E-state index >= 15 is 0 Å². The van der Waals surface area contributed by atoms with Gasteiger partial charge in [0.1, 0.15) is 11.8 Å². The van der Waals surface area contributed by atoms with E-state index < -0.39 is 17.9 Å². The fourth-order valence-corrected chi connectivity index (χ4v) is 1.29. The lowest BCUT2D eigenvalue weighted by Crippen LogP contribution is -2.44. The van der Waals surface area contributed by atoms with E-state index in [1.807, 2.05) is 0 Å². The zero-order valence-electron chi connectivity index (χ0n) is 9.54. The molecule has 1 heterocycles. The standard InChI is InChI=1S/C11H14N2O4/c1-6(2)9(11(16)17)13-10(15)7-3-8(14)5-12-4-7/h3-6,9,14H,1-2H3,(H,13,15)(H,16,17)/t9-/m1/s1. The Bertz CT molecular complexity index is 431. The van der Waals surface area contributed by atoms with Gasteiger partial charge < -0.3 is 15.5 Å². The highest BCUT2D eigenvalue weighted by Gasteiger charge is 2.24. The summed E-state index contributed by atoms with van der Waals surface area (Å²) in [4.78, 5) is 26.2. The van der Waals surface area contributed by atoms with E-state index in [1.54, 1.807) is 13.8 Å². The van der Waals surface area contributed by atoms with Gasteiger partial charge in [-0.15, -0.1) is 0 Å². The Kier molecular flexibility index (Phi) is 4.03. The van der Waals surface area contributed by atoms with Crippen molar-refractivity contribution in [1.82, 2.24) is 10.3 Å². The van der Waals surface area contributed by atoms with Crippen LogP contribution in [0, 0.1) is 5.92 Å². The lowest BCUT2D eigenvalue weighted by Gasteiger charge is -2.17. The summed E-state index contributed by atoms with van der Waals surface area (Å²) in [6.45, 7) is 3.39. The summed E-state index contributed by atoms with van der Waals surface area (Å²) in [5.74, 6) is -2.05. The molecular weight excluding hydrogens is 224 g/mol. The summed E-state index contributed by atoms with van der Waals surface area (Å²) in [7, 11) is 0. The Balaban J connectivity index is 2.81. The fraction of sp³-hybridized carbons (Fsp3) is 0.364. The average Bonchev–Trinajstić information content (AvgIpc) is 2.24. The Hall–Kier alpha value is -2.11. The third kappa shape index (κ3) is 3.44. The Labute approximate surface area is 98.3 Å². The molecule has 0 spiro atoms. The molecule has 0 saturated heterocycles. The SMILES string of the molecule is CC(C)[C@@H](NC(=O)c1cncc(O)c1)C(=O)O. The number of pyridine rings is 1. The Morgan fingerprint density at radius 1 is 1.35 bits per heavy atom.